The van der Waals surface area contributed by atoms with E-state index in [4.69, 9.17) is 9.47 Å². The highest BCUT2D eigenvalue weighted by atomic mass is 16.5. The minimum Gasteiger partial charge on any atom is -0.468 e. The lowest BCUT2D eigenvalue weighted by Gasteiger charge is -2.35. The second-order valence-electron chi connectivity index (χ2n) is 5.14. The van der Waals surface area contributed by atoms with Crippen molar-refractivity contribution in [3.63, 3.8) is 0 Å². The number of ether oxygens (including phenoxy) is 2. The number of nitrogens with zero attached hydrogens (tertiary/aromatic N) is 1. The van der Waals surface area contributed by atoms with Crippen LogP contribution < -0.4 is 0 Å². The number of hydrogen-bond acceptors (Lipinski definition) is 5. The van der Waals surface area contributed by atoms with Crippen LogP contribution in [0.3, 0.4) is 0 Å². The number of methoxy groups -OCH3 is 1. The predicted octanol–water partition coefficient (Wildman–Crippen LogP) is 1.38. The van der Waals surface area contributed by atoms with E-state index in [2.05, 4.69) is 0 Å². The highest BCUT2D eigenvalue weighted by Crippen LogP contribution is 2.19. The van der Waals surface area contributed by atoms with Gasteiger partial charge < -0.3 is 9.47 Å². The van der Waals surface area contributed by atoms with Crippen LogP contribution in [-0.2, 0) is 14.3 Å². The molecular formula is C16H21NO4. The molecule has 0 radical (unpaired) electrons. The molecule has 1 saturated heterocycles. The third-order valence-electron chi connectivity index (χ3n) is 3.83. The average Bonchev–Trinajstić information content (AvgIpc) is 2.55. The molecule has 1 aromatic carbocycles. The molecule has 1 aromatic rings. The summed E-state index contributed by atoms with van der Waals surface area (Å²) in [6, 6.07) is 8.48. The van der Waals surface area contributed by atoms with Crippen LogP contribution in [0, 0.1) is 5.92 Å². The Morgan fingerprint density at radius 3 is 2.38 bits per heavy atom. The highest BCUT2D eigenvalue weighted by molar-refractivity contribution is 6.00. The molecule has 0 aromatic heterocycles. The number of Topliss-reactive ketones (excluding diaryl/α,β-unsaturated/α-hetero) is 1. The lowest BCUT2D eigenvalue weighted by atomic mass is 9.91. The van der Waals surface area contributed by atoms with Crippen LogP contribution in [0.2, 0.25) is 0 Å². The smallest absolute Gasteiger partial charge is 0.323 e. The van der Waals surface area contributed by atoms with Crippen LogP contribution in [-0.4, -0.2) is 56.1 Å². The molecule has 0 spiro atoms. The number of rotatable bonds is 5. The number of ketones is 1. The molecular weight excluding hydrogens is 270 g/mol. The van der Waals surface area contributed by atoms with Gasteiger partial charge in [0.2, 0.25) is 0 Å². The van der Waals surface area contributed by atoms with Crippen LogP contribution in [0.1, 0.15) is 17.3 Å². The van der Waals surface area contributed by atoms with Crippen LogP contribution in [0.25, 0.3) is 0 Å². The highest BCUT2D eigenvalue weighted by Gasteiger charge is 2.36. The number of carbonyl (C=O) groups is 2. The van der Waals surface area contributed by atoms with Gasteiger partial charge in [0.15, 0.2) is 5.78 Å². The van der Waals surface area contributed by atoms with Crippen molar-refractivity contribution in [2.45, 2.75) is 13.0 Å². The van der Waals surface area contributed by atoms with Gasteiger partial charge in [-0.1, -0.05) is 37.3 Å². The van der Waals surface area contributed by atoms with E-state index >= 15 is 0 Å². The fraction of sp³-hybridized carbons (Fsp3) is 0.500. The molecule has 0 bridgehead atoms. The van der Waals surface area contributed by atoms with Gasteiger partial charge in [0.05, 0.1) is 20.3 Å². The molecule has 21 heavy (non-hydrogen) atoms. The van der Waals surface area contributed by atoms with E-state index in [-0.39, 0.29) is 11.8 Å². The van der Waals surface area contributed by atoms with Crippen molar-refractivity contribution in [1.82, 2.24) is 4.90 Å². The standard InChI is InChI=1S/C16H21NO4/c1-12(15(18)13-6-4-3-5-7-13)14(16(19)20-2)17-8-10-21-11-9-17/h3-7,12,14H,8-11H2,1-2H3. The van der Waals surface area contributed by atoms with Crippen molar-refractivity contribution >= 4 is 11.8 Å². The summed E-state index contributed by atoms with van der Waals surface area (Å²) in [6.45, 7) is 4.18. The molecule has 0 amide bonds. The first-order valence-electron chi connectivity index (χ1n) is 7.14. The fourth-order valence-corrected chi connectivity index (χ4v) is 2.65. The van der Waals surface area contributed by atoms with E-state index in [1.807, 2.05) is 23.1 Å². The molecule has 2 atom stereocenters. The van der Waals surface area contributed by atoms with E-state index < -0.39 is 12.0 Å². The van der Waals surface area contributed by atoms with Crippen molar-refractivity contribution in [2.75, 3.05) is 33.4 Å². The molecule has 1 heterocycles. The van der Waals surface area contributed by atoms with Gasteiger partial charge in [-0.25, -0.2) is 0 Å². The Balaban J connectivity index is 2.19. The molecule has 5 nitrogen and oxygen atoms in total. The van der Waals surface area contributed by atoms with Gasteiger partial charge in [0.1, 0.15) is 6.04 Å². The van der Waals surface area contributed by atoms with Crippen LogP contribution >= 0.6 is 0 Å². The van der Waals surface area contributed by atoms with Gasteiger partial charge >= 0.3 is 5.97 Å². The van der Waals surface area contributed by atoms with Crippen molar-refractivity contribution in [1.29, 1.82) is 0 Å². The molecule has 2 rings (SSSR count). The zero-order chi connectivity index (χ0) is 15.2. The summed E-state index contributed by atoms with van der Waals surface area (Å²) < 4.78 is 10.2. The van der Waals surface area contributed by atoms with Gasteiger partial charge in [-0.3, -0.25) is 14.5 Å². The molecule has 5 heteroatoms. The van der Waals surface area contributed by atoms with Crippen molar-refractivity contribution in [2.24, 2.45) is 5.92 Å². The topological polar surface area (TPSA) is 55.8 Å². The third kappa shape index (κ3) is 3.68. The molecule has 0 N–H and O–H groups in total. The number of benzene rings is 1. The lowest BCUT2D eigenvalue weighted by molar-refractivity contribution is -0.150. The normalized spacial score (nSPS) is 18.8. The first-order valence-corrected chi connectivity index (χ1v) is 7.14. The van der Waals surface area contributed by atoms with Crippen molar-refractivity contribution in [3.05, 3.63) is 35.9 Å². The van der Waals surface area contributed by atoms with Crippen molar-refractivity contribution < 1.29 is 19.1 Å². The Kier molecular flexibility index (Phi) is 5.47. The number of carbonyl (C=O) groups excluding carboxylic acids is 2. The molecule has 0 saturated carbocycles. The Morgan fingerprint density at radius 2 is 1.81 bits per heavy atom. The number of hydrogen-bond donors (Lipinski definition) is 0. The zero-order valence-electron chi connectivity index (χ0n) is 12.5. The van der Waals surface area contributed by atoms with E-state index in [1.54, 1.807) is 19.1 Å². The summed E-state index contributed by atoms with van der Waals surface area (Å²) in [5.74, 6) is -0.871. The average molecular weight is 291 g/mol. The van der Waals surface area contributed by atoms with E-state index in [0.29, 0.717) is 31.9 Å². The van der Waals surface area contributed by atoms with Gasteiger partial charge in [-0.05, 0) is 0 Å². The number of morpholine rings is 1. The molecule has 2 unspecified atom stereocenters. The minimum absolute atomic E-state index is 0.0440. The summed E-state index contributed by atoms with van der Waals surface area (Å²) in [7, 11) is 1.36. The van der Waals surface area contributed by atoms with E-state index in [9.17, 15) is 9.59 Å². The van der Waals surface area contributed by atoms with Crippen LogP contribution in [0.15, 0.2) is 30.3 Å². The van der Waals surface area contributed by atoms with Gasteiger partial charge in [-0.15, -0.1) is 0 Å². The third-order valence-corrected chi connectivity index (χ3v) is 3.83. The summed E-state index contributed by atoms with van der Waals surface area (Å²) in [5, 5.41) is 0. The van der Waals surface area contributed by atoms with Crippen LogP contribution in [0.5, 0.6) is 0 Å². The Morgan fingerprint density at radius 1 is 1.19 bits per heavy atom. The van der Waals surface area contributed by atoms with E-state index in [1.165, 1.54) is 7.11 Å². The summed E-state index contributed by atoms with van der Waals surface area (Å²) in [4.78, 5) is 26.7. The first-order chi connectivity index (χ1) is 10.1. The zero-order valence-corrected chi connectivity index (χ0v) is 12.5. The maximum absolute atomic E-state index is 12.6. The molecule has 1 fully saturated rings. The maximum Gasteiger partial charge on any atom is 0.323 e. The number of esters is 1. The summed E-state index contributed by atoms with van der Waals surface area (Å²) in [5.41, 5.74) is 0.618. The predicted molar refractivity (Wildman–Crippen MR) is 78.1 cm³/mol. The van der Waals surface area contributed by atoms with Gasteiger partial charge in [0, 0.05) is 24.6 Å². The molecule has 114 valence electrons. The molecule has 0 aliphatic carbocycles. The fourth-order valence-electron chi connectivity index (χ4n) is 2.65. The second kappa shape index (κ2) is 7.33. The summed E-state index contributed by atoms with van der Waals surface area (Å²) >= 11 is 0. The van der Waals surface area contributed by atoms with Gasteiger partial charge in [0.25, 0.3) is 0 Å². The SMILES string of the molecule is COC(=O)C(C(C)C(=O)c1ccccc1)N1CCOCC1. The first kappa shape index (κ1) is 15.7. The Bertz CT molecular complexity index is 482. The van der Waals surface area contributed by atoms with E-state index in [0.717, 1.165) is 0 Å². The van der Waals surface area contributed by atoms with Gasteiger partial charge in [-0.2, -0.15) is 0 Å². The maximum atomic E-state index is 12.6. The van der Waals surface area contributed by atoms with Crippen molar-refractivity contribution in [3.8, 4) is 0 Å². The molecule has 1 aliphatic rings. The monoisotopic (exact) mass is 291 g/mol. The Hall–Kier alpha value is -1.72. The lowest BCUT2D eigenvalue weighted by Crippen LogP contribution is -2.52. The summed E-state index contributed by atoms with van der Waals surface area (Å²) in [6.07, 6.45) is 0. The minimum atomic E-state index is -0.563. The van der Waals surface area contributed by atoms with Crippen LogP contribution in [0.4, 0.5) is 0 Å². The largest absolute Gasteiger partial charge is 0.468 e. The quantitative estimate of drug-likeness (QED) is 0.606. The Labute approximate surface area is 124 Å². The molecule has 1 aliphatic heterocycles. The second-order valence-corrected chi connectivity index (χ2v) is 5.14.